The summed E-state index contributed by atoms with van der Waals surface area (Å²) < 4.78 is 11.3. The van der Waals surface area contributed by atoms with Crippen molar-refractivity contribution in [3.63, 3.8) is 0 Å². The van der Waals surface area contributed by atoms with Gasteiger partial charge in [-0.05, 0) is 57.7 Å². The molecule has 1 aromatic carbocycles. The van der Waals surface area contributed by atoms with Gasteiger partial charge in [0, 0.05) is 5.56 Å². The molecule has 2 amide bonds. The van der Waals surface area contributed by atoms with E-state index in [1.807, 2.05) is 44.2 Å². The van der Waals surface area contributed by atoms with E-state index in [2.05, 4.69) is 15.6 Å². The third-order valence-electron chi connectivity index (χ3n) is 7.43. The second-order valence-electron chi connectivity index (χ2n) is 11.1. The first-order chi connectivity index (χ1) is 19.5. The summed E-state index contributed by atoms with van der Waals surface area (Å²) in [5.41, 5.74) is 1.47. The zero-order valence-electron chi connectivity index (χ0n) is 23.8. The summed E-state index contributed by atoms with van der Waals surface area (Å²) in [6, 6.07) is 11.8. The second kappa shape index (κ2) is 13.3. The average molecular weight is 564 g/mol. The number of likely N-dealkylation sites (N-methyl/N-ethyl adjacent to an activating group) is 1. The standard InChI is InChI=1S/C29H37BN4O7/c1-17(2)16-24(30-40-28(38)22-14-9-15-23(34(22)4)29(39)41-30)32-27(37)25(18(3)35)33-26(36)21-13-8-12-20(31-21)19-10-6-5-7-11-19/h5-8,10-13,17-18,22-25,35H,9,14-16H2,1-4H3,(H,32,37)(H,33,36)/t18-,22-,23+,24+,25+/m1/s1. The molecule has 4 rings (SSSR count). The molecule has 2 aliphatic heterocycles. The molecule has 0 unspecified atom stereocenters. The highest BCUT2D eigenvalue weighted by atomic mass is 16.6. The van der Waals surface area contributed by atoms with Crippen molar-refractivity contribution in [2.24, 2.45) is 5.92 Å². The highest BCUT2D eigenvalue weighted by Crippen LogP contribution is 2.27. The first-order valence-corrected chi connectivity index (χ1v) is 14.0. The Balaban J connectivity index is 1.51. The Kier molecular flexibility index (Phi) is 9.77. The molecule has 2 aliphatic rings. The van der Waals surface area contributed by atoms with E-state index < -0.39 is 61.0 Å². The van der Waals surface area contributed by atoms with Crippen LogP contribution in [0.25, 0.3) is 11.3 Å². The molecule has 2 fully saturated rings. The molecule has 11 nitrogen and oxygen atoms in total. The van der Waals surface area contributed by atoms with Crippen LogP contribution in [0.3, 0.4) is 0 Å². The molecular formula is C29H37BN4O7. The van der Waals surface area contributed by atoms with Gasteiger partial charge in [0.15, 0.2) is 0 Å². The lowest BCUT2D eigenvalue weighted by Crippen LogP contribution is -2.62. The van der Waals surface area contributed by atoms with Crippen molar-refractivity contribution < 1.29 is 33.6 Å². The maximum atomic E-state index is 13.4. The third-order valence-corrected chi connectivity index (χ3v) is 7.43. The van der Waals surface area contributed by atoms with Crippen molar-refractivity contribution in [1.82, 2.24) is 20.5 Å². The number of rotatable bonds is 9. The molecule has 0 aliphatic carbocycles. The fraction of sp³-hybridized carbons (Fsp3) is 0.483. The van der Waals surface area contributed by atoms with Gasteiger partial charge in [-0.3, -0.25) is 24.1 Å². The molecule has 0 spiro atoms. The number of benzene rings is 1. The summed E-state index contributed by atoms with van der Waals surface area (Å²) in [6.45, 7) is 5.20. The third kappa shape index (κ3) is 7.31. The molecule has 12 heteroatoms. The van der Waals surface area contributed by atoms with Crippen LogP contribution in [0.2, 0.25) is 0 Å². The van der Waals surface area contributed by atoms with Gasteiger partial charge in [0.2, 0.25) is 5.91 Å². The number of aromatic nitrogens is 1. The molecule has 218 valence electrons. The second-order valence-corrected chi connectivity index (χ2v) is 11.1. The van der Waals surface area contributed by atoms with E-state index in [4.69, 9.17) is 9.31 Å². The minimum Gasteiger partial charge on any atom is -0.497 e. The molecule has 41 heavy (non-hydrogen) atoms. The van der Waals surface area contributed by atoms with E-state index >= 15 is 0 Å². The summed E-state index contributed by atoms with van der Waals surface area (Å²) in [4.78, 5) is 58.6. The molecule has 3 N–H and O–H groups in total. The summed E-state index contributed by atoms with van der Waals surface area (Å²) >= 11 is 0. The SMILES string of the molecule is CC(C)C[C@H](NC(=O)[C@@H](NC(=O)c1cccc(-c2ccccc2)n1)[C@@H](C)O)B1OC(=O)[C@H]2CCC[C@@H](C(=O)O1)N2C. The van der Waals surface area contributed by atoms with Crippen molar-refractivity contribution in [2.45, 2.75) is 76.6 Å². The van der Waals surface area contributed by atoms with Crippen molar-refractivity contribution >= 4 is 30.9 Å². The topological polar surface area (TPSA) is 147 Å². The van der Waals surface area contributed by atoms with Gasteiger partial charge in [0.1, 0.15) is 23.8 Å². The predicted octanol–water partition coefficient (Wildman–Crippen LogP) is 1.74. The Morgan fingerprint density at radius 1 is 1.00 bits per heavy atom. The van der Waals surface area contributed by atoms with Gasteiger partial charge in [0.05, 0.1) is 17.7 Å². The number of piperidine rings is 1. The summed E-state index contributed by atoms with van der Waals surface area (Å²) in [5, 5.41) is 15.8. The summed E-state index contributed by atoms with van der Waals surface area (Å²) in [7, 11) is 0.345. The first-order valence-electron chi connectivity index (χ1n) is 14.0. The van der Waals surface area contributed by atoms with Crippen molar-refractivity contribution in [1.29, 1.82) is 0 Å². The number of pyridine rings is 1. The maximum absolute atomic E-state index is 13.4. The van der Waals surface area contributed by atoms with E-state index in [1.165, 1.54) is 13.0 Å². The monoisotopic (exact) mass is 564 g/mol. The number of nitrogens with one attached hydrogen (secondary N) is 2. The van der Waals surface area contributed by atoms with Gasteiger partial charge >= 0.3 is 19.1 Å². The van der Waals surface area contributed by atoms with Crippen LogP contribution in [0.15, 0.2) is 48.5 Å². The Labute approximate surface area is 240 Å². The fourth-order valence-corrected chi connectivity index (χ4v) is 5.24. The largest absolute Gasteiger partial charge is 0.622 e. The number of aliphatic hydroxyl groups excluding tert-OH is 1. The van der Waals surface area contributed by atoms with Gasteiger partial charge in [-0.2, -0.15) is 0 Å². The van der Waals surface area contributed by atoms with Crippen LogP contribution in [0.4, 0.5) is 0 Å². The minimum atomic E-state index is -1.36. The molecule has 1 aromatic heterocycles. The highest BCUT2D eigenvalue weighted by Gasteiger charge is 2.48. The minimum absolute atomic E-state index is 0.0230. The van der Waals surface area contributed by atoms with Crippen LogP contribution < -0.4 is 10.6 Å². The highest BCUT2D eigenvalue weighted by molar-refractivity contribution is 6.51. The number of nitrogens with zero attached hydrogens (tertiary/aromatic N) is 2. The molecule has 3 heterocycles. The predicted molar refractivity (Wildman–Crippen MR) is 151 cm³/mol. The Hall–Kier alpha value is -3.77. The number of hydrogen-bond donors (Lipinski definition) is 3. The molecule has 2 saturated heterocycles. The number of amides is 2. The molecule has 0 radical (unpaired) electrons. The quantitative estimate of drug-likeness (QED) is 0.388. The molecule has 5 atom stereocenters. The van der Waals surface area contributed by atoms with Gasteiger partial charge < -0.3 is 25.0 Å². The summed E-state index contributed by atoms with van der Waals surface area (Å²) in [6.07, 6.45) is 0.847. The molecule has 2 bridgehead atoms. The smallest absolute Gasteiger partial charge is 0.497 e. The zero-order chi connectivity index (χ0) is 29.7. The number of carbonyl (C=O) groups is 4. The van der Waals surface area contributed by atoms with Gasteiger partial charge in [-0.1, -0.05) is 50.2 Å². The van der Waals surface area contributed by atoms with Crippen molar-refractivity contribution in [3.05, 3.63) is 54.2 Å². The lowest BCUT2D eigenvalue weighted by Gasteiger charge is -2.40. The van der Waals surface area contributed by atoms with Crippen LogP contribution in [0.5, 0.6) is 0 Å². The molecule has 2 aromatic rings. The Bertz CT molecular complexity index is 1230. The first kappa shape index (κ1) is 30.2. The Morgan fingerprint density at radius 3 is 2.22 bits per heavy atom. The van der Waals surface area contributed by atoms with Crippen molar-refractivity contribution in [3.8, 4) is 11.3 Å². The van der Waals surface area contributed by atoms with Crippen LogP contribution in [0.1, 0.15) is 56.9 Å². The van der Waals surface area contributed by atoms with Crippen LogP contribution in [0, 0.1) is 5.92 Å². The lowest BCUT2D eigenvalue weighted by atomic mass is 9.72. The van der Waals surface area contributed by atoms with E-state index in [0.29, 0.717) is 31.4 Å². The maximum Gasteiger partial charge on any atom is 0.622 e. The van der Waals surface area contributed by atoms with Crippen LogP contribution in [-0.2, 0) is 23.7 Å². The zero-order valence-corrected chi connectivity index (χ0v) is 23.8. The summed E-state index contributed by atoms with van der Waals surface area (Å²) in [5.74, 6) is -3.30. The van der Waals surface area contributed by atoms with Gasteiger partial charge in [-0.15, -0.1) is 0 Å². The number of carbonyl (C=O) groups excluding carboxylic acids is 4. The number of fused-ring (bicyclic) bond motifs is 2. The lowest BCUT2D eigenvalue weighted by molar-refractivity contribution is -0.157. The van der Waals surface area contributed by atoms with Crippen LogP contribution >= 0.6 is 0 Å². The van der Waals surface area contributed by atoms with E-state index in [9.17, 15) is 24.3 Å². The normalized spacial score (nSPS) is 21.6. The van der Waals surface area contributed by atoms with E-state index in [-0.39, 0.29) is 11.6 Å². The molecular weight excluding hydrogens is 527 g/mol. The van der Waals surface area contributed by atoms with Crippen molar-refractivity contribution in [2.75, 3.05) is 7.05 Å². The Morgan fingerprint density at radius 2 is 1.63 bits per heavy atom. The average Bonchev–Trinajstić information content (AvgIpc) is 2.94. The van der Waals surface area contributed by atoms with Gasteiger partial charge in [0.25, 0.3) is 5.91 Å². The fourth-order valence-electron chi connectivity index (χ4n) is 5.24. The van der Waals surface area contributed by atoms with E-state index in [1.54, 1.807) is 24.1 Å². The van der Waals surface area contributed by atoms with Crippen LogP contribution in [-0.4, -0.2) is 83.1 Å². The molecule has 0 saturated carbocycles. The number of aliphatic hydroxyl groups is 1. The number of hydrogen-bond acceptors (Lipinski definition) is 9. The van der Waals surface area contributed by atoms with Gasteiger partial charge in [-0.25, -0.2) is 4.98 Å². The van der Waals surface area contributed by atoms with E-state index in [0.717, 1.165) is 5.56 Å².